The quantitative estimate of drug-likeness (QED) is 0.864. The van der Waals surface area contributed by atoms with Gasteiger partial charge < -0.3 is 10.2 Å². The van der Waals surface area contributed by atoms with Crippen LogP contribution in [0.2, 0.25) is 5.02 Å². The van der Waals surface area contributed by atoms with Crippen LogP contribution in [0.5, 0.6) is 0 Å². The van der Waals surface area contributed by atoms with Gasteiger partial charge in [-0.2, -0.15) is 0 Å². The van der Waals surface area contributed by atoms with Crippen molar-refractivity contribution in [2.75, 3.05) is 39.3 Å². The second-order valence-electron chi connectivity index (χ2n) is 7.52. The molecule has 0 amide bonds. The molecule has 1 aliphatic heterocycles. The summed E-state index contributed by atoms with van der Waals surface area (Å²) in [6.07, 6.45) is -0.877. The predicted octanol–water partition coefficient (Wildman–Crippen LogP) is 2.40. The van der Waals surface area contributed by atoms with Gasteiger partial charge >= 0.3 is 0 Å². The first-order chi connectivity index (χ1) is 10.8. The zero-order valence-electron chi connectivity index (χ0n) is 14.4. The fourth-order valence-corrected chi connectivity index (χ4v) is 3.02. The van der Waals surface area contributed by atoms with E-state index in [1.54, 1.807) is 0 Å². The monoisotopic (exact) mass is 340 g/mol. The van der Waals surface area contributed by atoms with E-state index in [2.05, 4.69) is 30.6 Å². The number of rotatable bonds is 5. The number of hydrogen-bond donors (Lipinski definition) is 2. The van der Waals surface area contributed by atoms with Crippen molar-refractivity contribution in [1.82, 2.24) is 9.80 Å². The van der Waals surface area contributed by atoms with Crippen LogP contribution in [-0.2, 0) is 0 Å². The Bertz CT molecular complexity index is 496. The topological polar surface area (TPSA) is 46.9 Å². The van der Waals surface area contributed by atoms with Gasteiger partial charge in [-0.1, -0.05) is 50.6 Å². The van der Waals surface area contributed by atoms with E-state index in [1.165, 1.54) is 0 Å². The molecule has 1 aromatic rings. The summed E-state index contributed by atoms with van der Waals surface area (Å²) in [5.41, 5.74) is 0.706. The SMILES string of the molecule is CC(C)(C)[C@@H](O)CN1CCN(C[C@@H](O)c2ccccc2Cl)CC1. The van der Waals surface area contributed by atoms with Crippen molar-refractivity contribution < 1.29 is 10.2 Å². The van der Waals surface area contributed by atoms with Gasteiger partial charge in [-0.25, -0.2) is 0 Å². The van der Waals surface area contributed by atoms with Gasteiger partial charge in [-0.05, 0) is 11.5 Å². The Morgan fingerprint density at radius 1 is 1.00 bits per heavy atom. The summed E-state index contributed by atoms with van der Waals surface area (Å²) in [5.74, 6) is 0. The molecule has 2 atom stereocenters. The van der Waals surface area contributed by atoms with E-state index in [4.69, 9.17) is 11.6 Å². The molecule has 5 heteroatoms. The van der Waals surface area contributed by atoms with Gasteiger partial charge in [0.2, 0.25) is 0 Å². The lowest BCUT2D eigenvalue weighted by atomic mass is 9.89. The van der Waals surface area contributed by atoms with Gasteiger partial charge in [0, 0.05) is 49.9 Å². The van der Waals surface area contributed by atoms with Crippen LogP contribution in [-0.4, -0.2) is 65.4 Å². The third kappa shape index (κ3) is 5.44. The minimum Gasteiger partial charge on any atom is -0.391 e. The summed E-state index contributed by atoms with van der Waals surface area (Å²) in [5, 5.41) is 21.2. The van der Waals surface area contributed by atoms with Crippen LogP contribution in [0.25, 0.3) is 0 Å². The second-order valence-corrected chi connectivity index (χ2v) is 7.93. The van der Waals surface area contributed by atoms with Crippen LogP contribution in [0.1, 0.15) is 32.4 Å². The molecule has 2 rings (SSSR count). The Kier molecular flexibility index (Phi) is 6.46. The lowest BCUT2D eigenvalue weighted by molar-refractivity contribution is 0.00719. The number of β-amino-alcohol motifs (C(OH)–C–C–N with tert-alkyl or cyclic N) is 2. The first-order valence-corrected chi connectivity index (χ1v) is 8.70. The third-order valence-electron chi connectivity index (χ3n) is 4.59. The molecule has 1 heterocycles. The highest BCUT2D eigenvalue weighted by molar-refractivity contribution is 6.31. The number of aliphatic hydroxyl groups excluding tert-OH is 2. The maximum Gasteiger partial charge on any atom is 0.0931 e. The Morgan fingerprint density at radius 2 is 1.52 bits per heavy atom. The zero-order chi connectivity index (χ0) is 17.0. The highest BCUT2D eigenvalue weighted by atomic mass is 35.5. The van der Waals surface area contributed by atoms with Gasteiger partial charge in [0.05, 0.1) is 12.2 Å². The van der Waals surface area contributed by atoms with E-state index < -0.39 is 6.10 Å². The van der Waals surface area contributed by atoms with Gasteiger partial charge in [0.1, 0.15) is 0 Å². The summed E-state index contributed by atoms with van der Waals surface area (Å²) in [6, 6.07) is 7.46. The van der Waals surface area contributed by atoms with Crippen LogP contribution in [0.4, 0.5) is 0 Å². The summed E-state index contributed by atoms with van der Waals surface area (Å²) < 4.78 is 0. The smallest absolute Gasteiger partial charge is 0.0931 e. The van der Waals surface area contributed by atoms with Crippen LogP contribution < -0.4 is 0 Å². The molecule has 130 valence electrons. The van der Waals surface area contributed by atoms with Crippen molar-refractivity contribution in [2.24, 2.45) is 5.41 Å². The van der Waals surface area contributed by atoms with Gasteiger partial charge in [-0.3, -0.25) is 9.80 Å². The van der Waals surface area contributed by atoms with Crippen molar-refractivity contribution >= 4 is 11.6 Å². The molecule has 0 aliphatic carbocycles. The molecule has 0 aromatic heterocycles. The molecular weight excluding hydrogens is 312 g/mol. The maximum atomic E-state index is 10.4. The Balaban J connectivity index is 1.80. The minimum absolute atomic E-state index is 0.0859. The first-order valence-electron chi connectivity index (χ1n) is 8.32. The van der Waals surface area contributed by atoms with Crippen molar-refractivity contribution in [2.45, 2.75) is 33.0 Å². The zero-order valence-corrected chi connectivity index (χ0v) is 15.1. The molecule has 4 nitrogen and oxygen atoms in total. The Hall–Kier alpha value is -0.650. The van der Waals surface area contributed by atoms with Gasteiger partial charge in [0.15, 0.2) is 0 Å². The number of piperazine rings is 1. The molecule has 0 spiro atoms. The molecule has 1 aliphatic rings. The molecule has 1 aromatic carbocycles. The summed E-state index contributed by atoms with van der Waals surface area (Å²) in [7, 11) is 0. The molecule has 0 bridgehead atoms. The van der Waals surface area contributed by atoms with Crippen molar-refractivity contribution in [3.63, 3.8) is 0 Å². The lowest BCUT2D eigenvalue weighted by Gasteiger charge is -2.38. The van der Waals surface area contributed by atoms with E-state index in [9.17, 15) is 10.2 Å². The van der Waals surface area contributed by atoms with Crippen LogP contribution in [0.3, 0.4) is 0 Å². The Labute approximate surface area is 144 Å². The molecule has 23 heavy (non-hydrogen) atoms. The average molecular weight is 341 g/mol. The molecule has 0 saturated carbocycles. The Morgan fingerprint density at radius 3 is 2.04 bits per heavy atom. The van der Waals surface area contributed by atoms with E-state index in [-0.39, 0.29) is 11.5 Å². The van der Waals surface area contributed by atoms with E-state index in [0.717, 1.165) is 31.7 Å². The second kappa shape index (κ2) is 7.95. The minimum atomic E-state index is -0.560. The number of nitrogens with zero attached hydrogens (tertiary/aromatic N) is 2. The maximum absolute atomic E-state index is 10.4. The number of hydrogen-bond acceptors (Lipinski definition) is 4. The summed E-state index contributed by atoms with van der Waals surface area (Å²) in [4.78, 5) is 4.56. The van der Waals surface area contributed by atoms with E-state index in [1.807, 2.05) is 24.3 Å². The van der Waals surface area contributed by atoms with Crippen molar-refractivity contribution in [3.05, 3.63) is 34.9 Å². The lowest BCUT2D eigenvalue weighted by Crippen LogP contribution is -2.50. The van der Waals surface area contributed by atoms with Crippen LogP contribution >= 0.6 is 11.6 Å². The van der Waals surface area contributed by atoms with E-state index >= 15 is 0 Å². The standard InChI is InChI=1S/C18H29ClN2O2/c1-18(2,3)17(23)13-21-10-8-20(9-11-21)12-16(22)14-6-4-5-7-15(14)19/h4-7,16-17,22-23H,8-13H2,1-3H3/t16-,17+/m1/s1. The van der Waals surface area contributed by atoms with Crippen molar-refractivity contribution in [1.29, 1.82) is 0 Å². The number of aliphatic hydroxyl groups is 2. The molecule has 1 saturated heterocycles. The summed E-state index contributed by atoms with van der Waals surface area (Å²) in [6.45, 7) is 11.1. The highest BCUT2D eigenvalue weighted by Crippen LogP contribution is 2.24. The molecule has 0 unspecified atom stereocenters. The van der Waals surface area contributed by atoms with Crippen LogP contribution in [0.15, 0.2) is 24.3 Å². The first kappa shape index (κ1) is 18.7. The fourth-order valence-electron chi connectivity index (χ4n) is 2.76. The molecule has 2 N–H and O–H groups in total. The molecule has 0 radical (unpaired) electrons. The molecular formula is C18H29ClN2O2. The highest BCUT2D eigenvalue weighted by Gasteiger charge is 2.27. The normalized spacial score (nSPS) is 20.4. The number of halogens is 1. The average Bonchev–Trinajstić information content (AvgIpc) is 2.48. The third-order valence-corrected chi connectivity index (χ3v) is 4.94. The summed E-state index contributed by atoms with van der Waals surface area (Å²) >= 11 is 6.15. The van der Waals surface area contributed by atoms with Gasteiger partial charge in [0.25, 0.3) is 0 Å². The largest absolute Gasteiger partial charge is 0.391 e. The van der Waals surface area contributed by atoms with Crippen molar-refractivity contribution in [3.8, 4) is 0 Å². The van der Waals surface area contributed by atoms with E-state index in [0.29, 0.717) is 18.1 Å². The van der Waals surface area contributed by atoms with Crippen LogP contribution in [0, 0.1) is 5.41 Å². The number of benzene rings is 1. The van der Waals surface area contributed by atoms with Gasteiger partial charge in [-0.15, -0.1) is 0 Å². The molecule has 1 fully saturated rings. The predicted molar refractivity (Wildman–Crippen MR) is 94.8 cm³/mol. The fraction of sp³-hybridized carbons (Fsp3) is 0.667.